The highest BCUT2D eigenvalue weighted by Gasteiger charge is 2.47. The van der Waals surface area contributed by atoms with E-state index in [-0.39, 0.29) is 11.5 Å². The monoisotopic (exact) mass is 303 g/mol. The van der Waals surface area contributed by atoms with Crippen molar-refractivity contribution in [2.75, 3.05) is 27.2 Å². The zero-order chi connectivity index (χ0) is 15.9. The summed E-state index contributed by atoms with van der Waals surface area (Å²) in [5.74, 6) is -0.112. The number of aryl methyl sites for hydroxylation is 1. The van der Waals surface area contributed by atoms with Crippen molar-refractivity contribution in [3.8, 4) is 0 Å². The first-order valence-electron chi connectivity index (χ1n) is 8.03. The standard InChI is InChI=1S/C17H25N3O2/c1-18(2)13-11-17(12-13)6-9-20(10-7-17)16(22)14-5-4-8-19(3)15(14)21/h4-5,8,13H,6-7,9-12H2,1-3H3. The first-order chi connectivity index (χ1) is 10.4. The number of carbonyl (C=O) groups is 1. The van der Waals surface area contributed by atoms with E-state index in [4.69, 9.17) is 0 Å². The fourth-order valence-corrected chi connectivity index (χ4v) is 3.83. The number of hydrogen-bond donors (Lipinski definition) is 0. The molecule has 22 heavy (non-hydrogen) atoms. The van der Waals surface area contributed by atoms with Gasteiger partial charge in [0.1, 0.15) is 5.56 Å². The van der Waals surface area contributed by atoms with Crippen molar-refractivity contribution in [3.63, 3.8) is 0 Å². The van der Waals surface area contributed by atoms with E-state index in [0.717, 1.165) is 25.9 Å². The Morgan fingerprint density at radius 2 is 1.91 bits per heavy atom. The summed E-state index contributed by atoms with van der Waals surface area (Å²) >= 11 is 0. The summed E-state index contributed by atoms with van der Waals surface area (Å²) in [7, 11) is 5.96. The van der Waals surface area contributed by atoms with Crippen molar-refractivity contribution in [2.45, 2.75) is 31.7 Å². The second kappa shape index (κ2) is 5.54. The Morgan fingerprint density at radius 1 is 1.27 bits per heavy atom. The minimum atomic E-state index is -0.205. The van der Waals surface area contributed by atoms with Crippen LogP contribution in [-0.2, 0) is 7.05 Å². The normalized spacial score (nSPS) is 21.2. The van der Waals surface area contributed by atoms with Crippen LogP contribution in [0.1, 0.15) is 36.0 Å². The number of carbonyl (C=O) groups excluding carboxylic acids is 1. The molecule has 5 heteroatoms. The highest BCUT2D eigenvalue weighted by atomic mass is 16.2. The molecule has 120 valence electrons. The second-order valence-corrected chi connectivity index (χ2v) is 7.16. The average Bonchev–Trinajstić information content (AvgIpc) is 2.47. The van der Waals surface area contributed by atoms with E-state index in [9.17, 15) is 9.59 Å². The van der Waals surface area contributed by atoms with Gasteiger partial charge in [-0.1, -0.05) is 0 Å². The first-order valence-corrected chi connectivity index (χ1v) is 8.03. The van der Waals surface area contributed by atoms with Crippen LogP contribution in [0.3, 0.4) is 0 Å². The van der Waals surface area contributed by atoms with Gasteiger partial charge in [-0.25, -0.2) is 0 Å². The van der Waals surface area contributed by atoms with Crippen LogP contribution in [0.4, 0.5) is 0 Å². The number of hydrogen-bond acceptors (Lipinski definition) is 3. The van der Waals surface area contributed by atoms with E-state index in [2.05, 4.69) is 19.0 Å². The van der Waals surface area contributed by atoms with Gasteiger partial charge in [-0.3, -0.25) is 9.59 Å². The number of nitrogens with zero attached hydrogens (tertiary/aromatic N) is 3. The minimum Gasteiger partial charge on any atom is -0.338 e. The quantitative estimate of drug-likeness (QED) is 0.828. The number of aromatic nitrogens is 1. The van der Waals surface area contributed by atoms with Gasteiger partial charge in [0, 0.05) is 32.4 Å². The van der Waals surface area contributed by atoms with Gasteiger partial charge in [0.15, 0.2) is 0 Å². The molecule has 1 saturated carbocycles. The zero-order valence-corrected chi connectivity index (χ0v) is 13.7. The van der Waals surface area contributed by atoms with Crippen LogP contribution < -0.4 is 5.56 Å². The van der Waals surface area contributed by atoms with Gasteiger partial charge >= 0.3 is 0 Å². The lowest BCUT2D eigenvalue weighted by Gasteiger charge is -2.54. The molecule has 1 aliphatic heterocycles. The van der Waals surface area contributed by atoms with Crippen LogP contribution in [0.5, 0.6) is 0 Å². The summed E-state index contributed by atoms with van der Waals surface area (Å²) < 4.78 is 1.46. The summed E-state index contributed by atoms with van der Waals surface area (Å²) in [5, 5.41) is 0. The molecule has 1 saturated heterocycles. The lowest BCUT2D eigenvalue weighted by atomic mass is 9.60. The molecule has 5 nitrogen and oxygen atoms in total. The van der Waals surface area contributed by atoms with Gasteiger partial charge in [0.25, 0.3) is 11.5 Å². The number of rotatable bonds is 2. The second-order valence-electron chi connectivity index (χ2n) is 7.16. The van der Waals surface area contributed by atoms with E-state index in [1.807, 2.05) is 4.90 Å². The topological polar surface area (TPSA) is 45.5 Å². The van der Waals surface area contributed by atoms with Gasteiger partial charge in [-0.05, 0) is 57.3 Å². The molecule has 0 aromatic carbocycles. The van der Waals surface area contributed by atoms with E-state index in [1.54, 1.807) is 25.4 Å². The fraction of sp³-hybridized carbons (Fsp3) is 0.647. The van der Waals surface area contributed by atoms with E-state index in [0.29, 0.717) is 17.0 Å². The van der Waals surface area contributed by atoms with Crippen LogP contribution in [0, 0.1) is 5.41 Å². The van der Waals surface area contributed by atoms with Gasteiger partial charge in [-0.15, -0.1) is 0 Å². The molecule has 0 N–H and O–H groups in total. The molecule has 1 amide bonds. The van der Waals surface area contributed by atoms with Crippen molar-refractivity contribution in [3.05, 3.63) is 34.2 Å². The van der Waals surface area contributed by atoms with Crippen LogP contribution >= 0.6 is 0 Å². The van der Waals surface area contributed by atoms with Crippen LogP contribution in [0.2, 0.25) is 0 Å². The van der Waals surface area contributed by atoms with Gasteiger partial charge in [0.2, 0.25) is 0 Å². The maximum Gasteiger partial charge on any atom is 0.263 e. The van der Waals surface area contributed by atoms with Gasteiger partial charge in [-0.2, -0.15) is 0 Å². The lowest BCUT2D eigenvalue weighted by Crippen LogP contribution is -2.54. The molecule has 2 heterocycles. The van der Waals surface area contributed by atoms with Crippen LogP contribution in [0.15, 0.2) is 23.1 Å². The van der Waals surface area contributed by atoms with Crippen molar-refractivity contribution >= 4 is 5.91 Å². The highest BCUT2D eigenvalue weighted by Crippen LogP contribution is 2.50. The Hall–Kier alpha value is -1.62. The zero-order valence-electron chi connectivity index (χ0n) is 13.7. The number of piperidine rings is 1. The predicted molar refractivity (Wildman–Crippen MR) is 86.0 cm³/mol. The highest BCUT2D eigenvalue weighted by molar-refractivity contribution is 5.93. The van der Waals surface area contributed by atoms with Crippen molar-refractivity contribution in [2.24, 2.45) is 12.5 Å². The Labute approximate surface area is 131 Å². The van der Waals surface area contributed by atoms with Crippen molar-refractivity contribution < 1.29 is 4.79 Å². The van der Waals surface area contributed by atoms with Crippen molar-refractivity contribution in [1.29, 1.82) is 0 Å². The Morgan fingerprint density at radius 3 is 2.50 bits per heavy atom. The van der Waals surface area contributed by atoms with Crippen LogP contribution in [0.25, 0.3) is 0 Å². The molecular formula is C17H25N3O2. The number of pyridine rings is 1. The largest absolute Gasteiger partial charge is 0.338 e. The molecule has 0 bridgehead atoms. The minimum absolute atomic E-state index is 0.112. The smallest absolute Gasteiger partial charge is 0.263 e. The Bertz CT molecular complexity index is 619. The van der Waals surface area contributed by atoms with E-state index in [1.165, 1.54) is 17.4 Å². The molecule has 0 radical (unpaired) electrons. The molecule has 0 unspecified atom stereocenters. The van der Waals surface area contributed by atoms with E-state index >= 15 is 0 Å². The molecule has 1 spiro atoms. The molecule has 0 atom stereocenters. The summed E-state index contributed by atoms with van der Waals surface area (Å²) in [6, 6.07) is 4.09. The third kappa shape index (κ3) is 2.58. The summed E-state index contributed by atoms with van der Waals surface area (Å²) in [5.41, 5.74) is 0.526. The molecule has 1 aromatic rings. The maximum absolute atomic E-state index is 12.6. The molecule has 1 aromatic heterocycles. The van der Waals surface area contributed by atoms with Crippen molar-refractivity contribution in [1.82, 2.24) is 14.4 Å². The third-order valence-corrected chi connectivity index (χ3v) is 5.53. The fourth-order valence-electron chi connectivity index (χ4n) is 3.83. The van der Waals surface area contributed by atoms with Gasteiger partial charge < -0.3 is 14.4 Å². The summed E-state index contributed by atoms with van der Waals surface area (Å²) in [6.07, 6.45) is 6.30. The molecule has 2 aliphatic rings. The molecule has 2 fully saturated rings. The lowest BCUT2D eigenvalue weighted by molar-refractivity contribution is -0.0231. The molecular weight excluding hydrogens is 278 g/mol. The SMILES string of the molecule is CN(C)C1CC2(CCN(C(=O)c3cccn(C)c3=O)CC2)C1. The van der Waals surface area contributed by atoms with Crippen LogP contribution in [-0.4, -0.2) is 53.5 Å². The number of amides is 1. The Kier molecular flexibility index (Phi) is 3.85. The summed E-state index contributed by atoms with van der Waals surface area (Å²) in [4.78, 5) is 28.8. The predicted octanol–water partition coefficient (Wildman–Crippen LogP) is 1.33. The average molecular weight is 303 g/mol. The molecule has 3 rings (SSSR count). The maximum atomic E-state index is 12.6. The third-order valence-electron chi connectivity index (χ3n) is 5.53. The Balaban J connectivity index is 1.64. The number of likely N-dealkylation sites (tertiary alicyclic amines) is 1. The molecule has 1 aliphatic carbocycles. The first kappa shape index (κ1) is 15.3. The summed E-state index contributed by atoms with van der Waals surface area (Å²) in [6.45, 7) is 1.55. The van der Waals surface area contributed by atoms with Gasteiger partial charge in [0.05, 0.1) is 0 Å². The van der Waals surface area contributed by atoms with E-state index < -0.39 is 0 Å².